The van der Waals surface area contributed by atoms with Crippen molar-refractivity contribution in [2.75, 3.05) is 13.7 Å². The maximum atomic E-state index is 11.9. The van der Waals surface area contributed by atoms with E-state index in [0.29, 0.717) is 17.8 Å². The number of benzene rings is 2. The molecular formula is C34H40N2O4. The minimum absolute atomic E-state index is 0.0326. The van der Waals surface area contributed by atoms with E-state index < -0.39 is 11.9 Å². The minimum atomic E-state index is -0.722. The summed E-state index contributed by atoms with van der Waals surface area (Å²) in [6.45, 7) is 6.19. The van der Waals surface area contributed by atoms with E-state index in [9.17, 15) is 9.90 Å². The van der Waals surface area contributed by atoms with E-state index in [1.165, 1.54) is 35.1 Å². The number of methoxy groups -OCH3 is 1. The molecule has 3 aromatic rings. The Morgan fingerprint density at radius 2 is 1.98 bits per heavy atom. The predicted octanol–water partition coefficient (Wildman–Crippen LogP) is 7.02. The van der Waals surface area contributed by atoms with Crippen molar-refractivity contribution in [3.8, 4) is 22.8 Å². The fourth-order valence-electron chi connectivity index (χ4n) is 6.77. The van der Waals surface area contributed by atoms with E-state index in [0.717, 1.165) is 55.6 Å². The lowest BCUT2D eigenvalue weighted by Crippen LogP contribution is -2.26. The Kier molecular flexibility index (Phi) is 7.54. The smallest absolute Gasteiger partial charge is 0.306 e. The molecule has 6 rings (SSSR count). The molecular weight excluding hydrogens is 500 g/mol. The molecule has 1 aromatic heterocycles. The fourth-order valence-corrected chi connectivity index (χ4v) is 6.77. The van der Waals surface area contributed by atoms with Gasteiger partial charge >= 0.3 is 5.97 Å². The predicted molar refractivity (Wildman–Crippen MR) is 156 cm³/mol. The van der Waals surface area contributed by atoms with Crippen LogP contribution in [0.5, 0.6) is 11.6 Å². The maximum Gasteiger partial charge on any atom is 0.306 e. The summed E-state index contributed by atoms with van der Waals surface area (Å²) in [5.41, 5.74) is 7.12. The summed E-state index contributed by atoms with van der Waals surface area (Å²) in [6.07, 6.45) is 8.35. The van der Waals surface area contributed by atoms with E-state index in [4.69, 9.17) is 9.47 Å². The zero-order valence-corrected chi connectivity index (χ0v) is 23.8. The van der Waals surface area contributed by atoms with Crippen molar-refractivity contribution in [2.24, 2.45) is 11.8 Å². The molecule has 3 heterocycles. The van der Waals surface area contributed by atoms with Gasteiger partial charge < -0.3 is 14.6 Å². The van der Waals surface area contributed by atoms with Crippen molar-refractivity contribution < 1.29 is 19.4 Å². The molecule has 1 aliphatic carbocycles. The molecule has 0 bridgehead atoms. The van der Waals surface area contributed by atoms with Gasteiger partial charge in [-0.25, -0.2) is 4.98 Å². The number of carboxylic acid groups (broad SMARTS) is 1. The first-order chi connectivity index (χ1) is 19.4. The van der Waals surface area contributed by atoms with E-state index in [-0.39, 0.29) is 12.0 Å². The van der Waals surface area contributed by atoms with Crippen LogP contribution in [0.3, 0.4) is 0 Å². The molecule has 2 aliphatic heterocycles. The van der Waals surface area contributed by atoms with Gasteiger partial charge in [-0.15, -0.1) is 0 Å². The highest BCUT2D eigenvalue weighted by atomic mass is 16.5. The number of aryl methyl sites for hydroxylation is 1. The zero-order chi connectivity index (χ0) is 27.8. The second-order valence-corrected chi connectivity index (χ2v) is 12.0. The van der Waals surface area contributed by atoms with Crippen LogP contribution in [-0.2, 0) is 17.8 Å². The Balaban J connectivity index is 1.30. The highest BCUT2D eigenvalue weighted by Gasteiger charge is 2.39. The number of ether oxygens (including phenoxy) is 2. The third-order valence-corrected chi connectivity index (χ3v) is 9.30. The molecule has 4 atom stereocenters. The summed E-state index contributed by atoms with van der Waals surface area (Å²) in [4.78, 5) is 18.8. The third-order valence-electron chi connectivity index (χ3n) is 9.30. The Hall–Kier alpha value is -3.38. The van der Waals surface area contributed by atoms with Crippen molar-refractivity contribution in [1.82, 2.24) is 9.88 Å². The Bertz CT molecular complexity index is 1380. The molecule has 210 valence electrons. The first-order valence-electron chi connectivity index (χ1n) is 14.8. The lowest BCUT2D eigenvalue weighted by Gasteiger charge is -2.30. The Morgan fingerprint density at radius 1 is 1.12 bits per heavy atom. The van der Waals surface area contributed by atoms with Crippen molar-refractivity contribution in [3.63, 3.8) is 0 Å². The number of likely N-dealkylation sites (tertiary alicyclic amines) is 1. The van der Waals surface area contributed by atoms with Crippen LogP contribution < -0.4 is 9.47 Å². The van der Waals surface area contributed by atoms with Crippen LogP contribution in [0, 0.1) is 11.8 Å². The molecule has 40 heavy (non-hydrogen) atoms. The normalized spacial score (nSPS) is 22.3. The molecule has 1 unspecified atom stereocenters. The SMILES string of the molecule is COc1cc(-c2ccc([C@@H]3CCc4ccc(C(C5CC5)[C@H](C)C(=O)O)cc4O3)cc2CN2CCC[C@@H]2C)ccn1. The average Bonchev–Trinajstić information content (AvgIpc) is 3.73. The van der Waals surface area contributed by atoms with Gasteiger partial charge in [-0.05, 0) is 109 Å². The van der Waals surface area contributed by atoms with Gasteiger partial charge in [0.05, 0.1) is 13.0 Å². The van der Waals surface area contributed by atoms with Crippen molar-refractivity contribution in [2.45, 2.75) is 77.0 Å². The maximum absolute atomic E-state index is 11.9. The van der Waals surface area contributed by atoms with Crippen molar-refractivity contribution >= 4 is 5.97 Å². The topological polar surface area (TPSA) is 71.9 Å². The zero-order valence-electron chi connectivity index (χ0n) is 23.8. The molecule has 0 spiro atoms. The number of fused-ring (bicyclic) bond motifs is 1. The first-order valence-corrected chi connectivity index (χ1v) is 14.8. The number of aliphatic carboxylic acids is 1. The van der Waals surface area contributed by atoms with Gasteiger partial charge in [0.1, 0.15) is 11.9 Å². The standard InChI is InChI=1S/C34H40N2O4/c1-21-5-4-16-36(21)20-28-17-26(10-12-29(28)25-14-15-35-32(19-25)39-3)30-13-11-23-6-9-27(18-31(23)40-30)33(24-7-8-24)22(2)34(37)38/h6,9-10,12,14-15,17-19,21-22,24,30,33H,4-5,7-8,11,13,16,20H2,1-3H3,(H,37,38)/t21-,22-,30-,33?/m0/s1. The van der Waals surface area contributed by atoms with Gasteiger partial charge in [0.2, 0.25) is 5.88 Å². The summed E-state index contributed by atoms with van der Waals surface area (Å²) in [7, 11) is 1.65. The van der Waals surface area contributed by atoms with Crippen LogP contribution in [0.4, 0.5) is 0 Å². The fraction of sp³-hybridized carbons (Fsp3) is 0.471. The van der Waals surface area contributed by atoms with Gasteiger partial charge in [0.15, 0.2) is 0 Å². The van der Waals surface area contributed by atoms with Gasteiger partial charge in [-0.3, -0.25) is 9.69 Å². The number of hydrogen-bond acceptors (Lipinski definition) is 5. The molecule has 0 amide bonds. The van der Waals surface area contributed by atoms with Crippen LogP contribution >= 0.6 is 0 Å². The molecule has 1 N–H and O–H groups in total. The Morgan fingerprint density at radius 3 is 2.70 bits per heavy atom. The van der Waals surface area contributed by atoms with E-state index >= 15 is 0 Å². The third kappa shape index (κ3) is 5.46. The number of carbonyl (C=O) groups is 1. The first kappa shape index (κ1) is 26.8. The molecule has 1 saturated heterocycles. The lowest BCUT2D eigenvalue weighted by molar-refractivity contribution is -0.142. The average molecular weight is 541 g/mol. The number of pyridine rings is 1. The van der Waals surface area contributed by atoms with Gasteiger partial charge in [0.25, 0.3) is 0 Å². The second-order valence-electron chi connectivity index (χ2n) is 12.0. The minimum Gasteiger partial charge on any atom is -0.485 e. The summed E-state index contributed by atoms with van der Waals surface area (Å²) >= 11 is 0. The molecule has 0 radical (unpaired) electrons. The quantitative estimate of drug-likeness (QED) is 0.314. The number of hydrogen-bond donors (Lipinski definition) is 1. The van der Waals surface area contributed by atoms with Gasteiger partial charge in [-0.1, -0.05) is 37.3 Å². The molecule has 2 aromatic carbocycles. The monoisotopic (exact) mass is 540 g/mol. The molecule has 6 nitrogen and oxygen atoms in total. The highest BCUT2D eigenvalue weighted by molar-refractivity contribution is 5.71. The van der Waals surface area contributed by atoms with E-state index in [1.54, 1.807) is 7.11 Å². The van der Waals surface area contributed by atoms with Gasteiger partial charge in [-0.2, -0.15) is 0 Å². The number of nitrogens with zero attached hydrogens (tertiary/aromatic N) is 2. The lowest BCUT2D eigenvalue weighted by atomic mass is 9.82. The molecule has 1 saturated carbocycles. The second kappa shape index (κ2) is 11.2. The molecule has 3 aliphatic rings. The van der Waals surface area contributed by atoms with E-state index in [1.807, 2.05) is 19.2 Å². The summed E-state index contributed by atoms with van der Waals surface area (Å²) < 4.78 is 12.1. The van der Waals surface area contributed by atoms with Crippen molar-refractivity contribution in [3.05, 3.63) is 77.0 Å². The van der Waals surface area contributed by atoms with Crippen molar-refractivity contribution in [1.29, 1.82) is 0 Å². The largest absolute Gasteiger partial charge is 0.485 e. The number of rotatable bonds is 9. The van der Waals surface area contributed by atoms with Crippen LogP contribution in [0.25, 0.3) is 11.1 Å². The molecule has 6 heteroatoms. The number of aromatic nitrogens is 1. The number of carboxylic acids is 1. The molecule has 2 fully saturated rings. The Labute approximate surface area is 237 Å². The van der Waals surface area contributed by atoms with Crippen LogP contribution in [0.2, 0.25) is 0 Å². The van der Waals surface area contributed by atoms with Crippen LogP contribution in [-0.4, -0.2) is 40.7 Å². The van der Waals surface area contributed by atoms with Crippen LogP contribution in [0.15, 0.2) is 54.7 Å². The van der Waals surface area contributed by atoms with Gasteiger partial charge in [0, 0.05) is 24.8 Å². The van der Waals surface area contributed by atoms with Crippen LogP contribution in [0.1, 0.15) is 80.2 Å². The summed E-state index contributed by atoms with van der Waals surface area (Å²) in [5.74, 6) is 0.900. The summed E-state index contributed by atoms with van der Waals surface area (Å²) in [5, 5.41) is 9.75. The highest BCUT2D eigenvalue weighted by Crippen LogP contribution is 2.48. The van der Waals surface area contributed by atoms with E-state index in [2.05, 4.69) is 59.3 Å². The summed E-state index contributed by atoms with van der Waals surface area (Å²) in [6, 6.07) is 17.8.